The highest BCUT2D eigenvalue weighted by Gasteiger charge is 2.29. The first-order chi connectivity index (χ1) is 12.0. The van der Waals surface area contributed by atoms with Gasteiger partial charge in [-0.25, -0.2) is 13.4 Å². The number of thiophene rings is 1. The Bertz CT molecular complexity index is 977. The standard InChI is InChI=1S/C16H16ClN3O3S2/c17-12-3-4-13-14(10-12)23-15(18-13)11-19-5-7-20(8-6-19)25(21,22)16-2-1-9-24-16/h1-4,9-10H,5-8,11H2. The van der Waals surface area contributed by atoms with E-state index in [1.807, 2.05) is 6.07 Å². The number of hydrogen-bond donors (Lipinski definition) is 0. The van der Waals surface area contributed by atoms with Crippen LogP contribution in [0.25, 0.3) is 11.1 Å². The minimum atomic E-state index is -3.37. The van der Waals surface area contributed by atoms with Crippen LogP contribution in [0.3, 0.4) is 0 Å². The van der Waals surface area contributed by atoms with Gasteiger partial charge in [0.1, 0.15) is 9.73 Å². The lowest BCUT2D eigenvalue weighted by Gasteiger charge is -2.32. The molecule has 1 aliphatic heterocycles. The molecule has 1 fully saturated rings. The van der Waals surface area contributed by atoms with Crippen LogP contribution in [0.5, 0.6) is 0 Å². The number of aromatic nitrogens is 1. The molecule has 0 unspecified atom stereocenters. The third-order valence-corrected chi connectivity index (χ3v) is 7.68. The van der Waals surface area contributed by atoms with Crippen molar-refractivity contribution < 1.29 is 12.8 Å². The van der Waals surface area contributed by atoms with Crippen molar-refractivity contribution in [2.75, 3.05) is 26.2 Å². The maximum Gasteiger partial charge on any atom is 0.252 e. The lowest BCUT2D eigenvalue weighted by atomic mass is 10.3. The van der Waals surface area contributed by atoms with Crippen molar-refractivity contribution in [3.63, 3.8) is 0 Å². The summed E-state index contributed by atoms with van der Waals surface area (Å²) in [5.74, 6) is 0.617. The van der Waals surface area contributed by atoms with Crippen LogP contribution in [-0.2, 0) is 16.6 Å². The van der Waals surface area contributed by atoms with E-state index in [9.17, 15) is 8.42 Å². The van der Waals surface area contributed by atoms with Gasteiger partial charge in [-0.1, -0.05) is 17.7 Å². The first-order valence-electron chi connectivity index (χ1n) is 7.83. The summed E-state index contributed by atoms with van der Waals surface area (Å²) in [6.45, 7) is 2.77. The third kappa shape index (κ3) is 3.45. The van der Waals surface area contributed by atoms with Crippen LogP contribution < -0.4 is 0 Å². The first-order valence-corrected chi connectivity index (χ1v) is 10.5. The Kier molecular flexibility index (Phi) is 4.55. The van der Waals surface area contributed by atoms with Gasteiger partial charge in [0.15, 0.2) is 5.58 Å². The molecule has 6 nitrogen and oxygen atoms in total. The average molecular weight is 398 g/mol. The van der Waals surface area contributed by atoms with Crippen LogP contribution in [0.1, 0.15) is 5.89 Å². The molecule has 25 heavy (non-hydrogen) atoms. The van der Waals surface area contributed by atoms with E-state index in [1.165, 1.54) is 11.3 Å². The number of hydrogen-bond acceptors (Lipinski definition) is 6. The second kappa shape index (κ2) is 6.69. The maximum atomic E-state index is 12.5. The molecule has 1 saturated heterocycles. The van der Waals surface area contributed by atoms with Gasteiger partial charge in [-0.15, -0.1) is 11.3 Å². The minimum absolute atomic E-state index is 0.400. The molecular weight excluding hydrogens is 382 g/mol. The summed E-state index contributed by atoms with van der Waals surface area (Å²) in [5, 5.41) is 2.39. The Hall–Kier alpha value is -1.45. The van der Waals surface area contributed by atoms with E-state index in [0.29, 0.717) is 53.4 Å². The van der Waals surface area contributed by atoms with Crippen LogP contribution in [0.2, 0.25) is 5.02 Å². The number of oxazole rings is 1. The minimum Gasteiger partial charge on any atom is -0.439 e. The van der Waals surface area contributed by atoms with Gasteiger partial charge < -0.3 is 4.42 Å². The zero-order valence-corrected chi connectivity index (χ0v) is 15.6. The Morgan fingerprint density at radius 3 is 2.72 bits per heavy atom. The predicted molar refractivity (Wildman–Crippen MR) is 97.4 cm³/mol. The zero-order chi connectivity index (χ0) is 17.4. The molecule has 2 aromatic heterocycles. The van der Waals surface area contributed by atoms with E-state index >= 15 is 0 Å². The van der Waals surface area contributed by atoms with Crippen LogP contribution in [0.4, 0.5) is 0 Å². The Morgan fingerprint density at radius 1 is 1.20 bits per heavy atom. The van der Waals surface area contributed by atoms with Gasteiger partial charge >= 0.3 is 0 Å². The lowest BCUT2D eigenvalue weighted by Crippen LogP contribution is -2.48. The van der Waals surface area contributed by atoms with Gasteiger partial charge in [0, 0.05) is 37.3 Å². The highest BCUT2D eigenvalue weighted by atomic mass is 35.5. The van der Waals surface area contributed by atoms with Crippen molar-refractivity contribution in [1.82, 2.24) is 14.2 Å². The van der Waals surface area contributed by atoms with E-state index < -0.39 is 10.0 Å². The van der Waals surface area contributed by atoms with E-state index in [0.717, 1.165) is 5.52 Å². The summed E-state index contributed by atoms with van der Waals surface area (Å²) in [5.41, 5.74) is 1.44. The van der Waals surface area contributed by atoms with Gasteiger partial charge in [-0.3, -0.25) is 4.90 Å². The molecule has 3 aromatic rings. The Morgan fingerprint density at radius 2 is 2.00 bits per heavy atom. The number of fused-ring (bicyclic) bond motifs is 1. The van der Waals surface area contributed by atoms with Gasteiger partial charge in [0.05, 0.1) is 6.54 Å². The molecule has 132 valence electrons. The quantitative estimate of drug-likeness (QED) is 0.676. The van der Waals surface area contributed by atoms with E-state index in [2.05, 4.69) is 9.88 Å². The second-order valence-corrected chi connectivity index (χ2v) is 9.38. The fraction of sp³-hybridized carbons (Fsp3) is 0.312. The van der Waals surface area contributed by atoms with Crippen LogP contribution in [0.15, 0.2) is 44.3 Å². The smallest absolute Gasteiger partial charge is 0.252 e. The average Bonchev–Trinajstić information content (AvgIpc) is 3.24. The van der Waals surface area contributed by atoms with Crippen molar-refractivity contribution in [2.45, 2.75) is 10.8 Å². The van der Waals surface area contributed by atoms with Crippen molar-refractivity contribution in [2.24, 2.45) is 0 Å². The molecular formula is C16H16ClN3O3S2. The molecule has 0 bridgehead atoms. The first kappa shape index (κ1) is 17.0. The lowest BCUT2D eigenvalue weighted by molar-refractivity contribution is 0.169. The fourth-order valence-corrected chi connectivity index (χ4v) is 5.60. The number of rotatable bonds is 4. The monoisotopic (exact) mass is 397 g/mol. The molecule has 0 amide bonds. The molecule has 0 atom stereocenters. The number of nitrogens with zero attached hydrogens (tertiary/aromatic N) is 3. The van der Waals surface area contributed by atoms with E-state index in [1.54, 1.807) is 34.0 Å². The molecule has 0 saturated carbocycles. The van der Waals surface area contributed by atoms with Crippen LogP contribution >= 0.6 is 22.9 Å². The Balaban J connectivity index is 1.41. The van der Waals surface area contributed by atoms with Crippen molar-refractivity contribution in [3.8, 4) is 0 Å². The number of piperazine rings is 1. The largest absolute Gasteiger partial charge is 0.439 e. The fourth-order valence-electron chi connectivity index (χ4n) is 2.87. The molecule has 0 aliphatic carbocycles. The number of benzene rings is 1. The molecule has 0 N–H and O–H groups in total. The number of halogens is 1. The summed E-state index contributed by atoms with van der Waals surface area (Å²) in [6, 6.07) is 8.77. The van der Waals surface area contributed by atoms with Crippen LogP contribution in [-0.4, -0.2) is 48.8 Å². The highest BCUT2D eigenvalue weighted by Crippen LogP contribution is 2.24. The highest BCUT2D eigenvalue weighted by molar-refractivity contribution is 7.91. The van der Waals surface area contributed by atoms with E-state index in [4.69, 9.17) is 16.0 Å². The topological polar surface area (TPSA) is 66.7 Å². The van der Waals surface area contributed by atoms with Crippen molar-refractivity contribution in [3.05, 3.63) is 46.6 Å². The van der Waals surface area contributed by atoms with Gasteiger partial charge in [0.25, 0.3) is 10.0 Å². The van der Waals surface area contributed by atoms with Gasteiger partial charge in [-0.2, -0.15) is 4.31 Å². The molecule has 1 aromatic carbocycles. The molecule has 0 spiro atoms. The molecule has 3 heterocycles. The van der Waals surface area contributed by atoms with E-state index in [-0.39, 0.29) is 0 Å². The van der Waals surface area contributed by atoms with Crippen molar-refractivity contribution in [1.29, 1.82) is 0 Å². The molecule has 0 radical (unpaired) electrons. The molecule has 9 heteroatoms. The summed E-state index contributed by atoms with van der Waals surface area (Å²) in [6.07, 6.45) is 0. The van der Waals surface area contributed by atoms with Gasteiger partial charge in [0.2, 0.25) is 5.89 Å². The van der Waals surface area contributed by atoms with Crippen molar-refractivity contribution >= 4 is 44.1 Å². The SMILES string of the molecule is O=S(=O)(c1cccs1)N1CCN(Cc2nc3ccc(Cl)cc3o2)CC1. The zero-order valence-electron chi connectivity index (χ0n) is 13.3. The molecule has 4 rings (SSSR count). The predicted octanol–water partition coefficient (Wildman–Crippen LogP) is 3.05. The summed E-state index contributed by atoms with van der Waals surface area (Å²) < 4.78 is 32.8. The van der Waals surface area contributed by atoms with Gasteiger partial charge in [-0.05, 0) is 23.6 Å². The molecule has 1 aliphatic rings. The third-order valence-electron chi connectivity index (χ3n) is 4.17. The summed E-state index contributed by atoms with van der Waals surface area (Å²) in [4.78, 5) is 6.60. The summed E-state index contributed by atoms with van der Waals surface area (Å²) >= 11 is 7.21. The maximum absolute atomic E-state index is 12.5. The summed E-state index contributed by atoms with van der Waals surface area (Å²) in [7, 11) is -3.37. The van der Waals surface area contributed by atoms with Crippen LogP contribution in [0, 0.1) is 0 Å². The number of sulfonamides is 1. The normalized spacial score (nSPS) is 17.3. The second-order valence-electron chi connectivity index (χ2n) is 5.83. The Labute approximate surface area is 154 Å².